The Labute approximate surface area is 144 Å². The van der Waals surface area contributed by atoms with Gasteiger partial charge in [0.15, 0.2) is 5.69 Å². The van der Waals surface area contributed by atoms with Crippen LogP contribution in [0.1, 0.15) is 41.7 Å². The second-order valence-corrected chi connectivity index (χ2v) is 6.31. The topological polar surface area (TPSA) is 97.7 Å². The van der Waals surface area contributed by atoms with Crippen LogP contribution in [0.3, 0.4) is 0 Å². The number of carbonyl (C=O) groups is 1. The van der Waals surface area contributed by atoms with Gasteiger partial charge in [0, 0.05) is 18.5 Å². The number of aromatic nitrogens is 5. The maximum Gasteiger partial charge on any atom is 0.272 e. The Morgan fingerprint density at radius 3 is 3.12 bits per heavy atom. The van der Waals surface area contributed by atoms with Crippen LogP contribution < -0.4 is 5.32 Å². The van der Waals surface area contributed by atoms with Crippen LogP contribution in [0, 0.1) is 0 Å². The zero-order chi connectivity index (χ0) is 17.4. The van der Waals surface area contributed by atoms with Gasteiger partial charge in [0.1, 0.15) is 5.52 Å². The molecule has 0 bridgehead atoms. The largest absolute Gasteiger partial charge is 0.369 e. The van der Waals surface area contributed by atoms with E-state index in [-0.39, 0.29) is 18.1 Å². The third-order valence-electron chi connectivity index (χ3n) is 4.48. The molecule has 1 aromatic carbocycles. The summed E-state index contributed by atoms with van der Waals surface area (Å²) in [6, 6.07) is 7.75. The molecule has 3 heterocycles. The molecular weight excluding hydrogens is 320 g/mol. The molecule has 3 aromatic rings. The van der Waals surface area contributed by atoms with Crippen LogP contribution in [0.2, 0.25) is 0 Å². The van der Waals surface area contributed by atoms with Gasteiger partial charge in [-0.15, -0.1) is 5.10 Å². The van der Waals surface area contributed by atoms with E-state index in [0.29, 0.717) is 25.2 Å². The highest BCUT2D eigenvalue weighted by molar-refractivity contribution is 5.94. The fraction of sp³-hybridized carbons (Fsp3) is 0.412. The molecule has 0 saturated carbocycles. The molecule has 0 aliphatic carbocycles. The van der Waals surface area contributed by atoms with E-state index in [4.69, 9.17) is 4.74 Å². The van der Waals surface area contributed by atoms with Gasteiger partial charge in [-0.3, -0.25) is 9.89 Å². The van der Waals surface area contributed by atoms with Crippen molar-refractivity contribution in [1.29, 1.82) is 0 Å². The van der Waals surface area contributed by atoms with E-state index in [2.05, 4.69) is 25.8 Å². The first-order valence-electron chi connectivity index (χ1n) is 8.42. The van der Waals surface area contributed by atoms with Gasteiger partial charge in [-0.1, -0.05) is 17.3 Å². The molecule has 2 atom stereocenters. The molecule has 8 nitrogen and oxygen atoms in total. The van der Waals surface area contributed by atoms with Crippen molar-refractivity contribution in [3.05, 3.63) is 41.2 Å². The summed E-state index contributed by atoms with van der Waals surface area (Å²) < 4.78 is 7.54. The van der Waals surface area contributed by atoms with Crippen molar-refractivity contribution >= 4 is 16.9 Å². The van der Waals surface area contributed by atoms with Crippen molar-refractivity contribution < 1.29 is 9.53 Å². The van der Waals surface area contributed by atoms with Crippen LogP contribution in [0.5, 0.6) is 0 Å². The highest BCUT2D eigenvalue weighted by Crippen LogP contribution is 2.29. The number of benzene rings is 1. The number of carbonyl (C=O) groups excluding carboxylic acids is 1. The number of fused-ring (bicyclic) bond motifs is 2. The second-order valence-electron chi connectivity index (χ2n) is 6.31. The van der Waals surface area contributed by atoms with Crippen LogP contribution >= 0.6 is 0 Å². The lowest BCUT2D eigenvalue weighted by Crippen LogP contribution is -2.30. The highest BCUT2D eigenvalue weighted by atomic mass is 16.5. The van der Waals surface area contributed by atoms with Crippen LogP contribution in [0.15, 0.2) is 24.3 Å². The van der Waals surface area contributed by atoms with E-state index in [9.17, 15) is 4.79 Å². The van der Waals surface area contributed by atoms with Crippen molar-refractivity contribution in [2.45, 2.75) is 39.0 Å². The molecule has 1 aliphatic heterocycles. The molecule has 8 heteroatoms. The number of H-pyrrole nitrogens is 1. The average molecular weight is 340 g/mol. The predicted molar refractivity (Wildman–Crippen MR) is 91.1 cm³/mol. The van der Waals surface area contributed by atoms with E-state index in [0.717, 1.165) is 22.3 Å². The third-order valence-corrected chi connectivity index (χ3v) is 4.48. The van der Waals surface area contributed by atoms with Gasteiger partial charge in [-0.2, -0.15) is 5.10 Å². The van der Waals surface area contributed by atoms with Crippen molar-refractivity contribution in [3.63, 3.8) is 0 Å². The number of amides is 1. The fourth-order valence-electron chi connectivity index (χ4n) is 3.30. The molecular formula is C17H20N6O2. The van der Waals surface area contributed by atoms with Gasteiger partial charge < -0.3 is 10.1 Å². The van der Waals surface area contributed by atoms with Gasteiger partial charge in [0.05, 0.1) is 30.0 Å². The Morgan fingerprint density at radius 1 is 1.40 bits per heavy atom. The molecule has 25 heavy (non-hydrogen) atoms. The van der Waals surface area contributed by atoms with Gasteiger partial charge >= 0.3 is 0 Å². The summed E-state index contributed by atoms with van der Waals surface area (Å²) in [6.07, 6.45) is 0.689. The quantitative estimate of drug-likeness (QED) is 0.752. The maximum absolute atomic E-state index is 12.5. The molecule has 130 valence electrons. The van der Waals surface area contributed by atoms with Gasteiger partial charge in [-0.25, -0.2) is 4.68 Å². The maximum atomic E-state index is 12.5. The minimum Gasteiger partial charge on any atom is -0.369 e. The van der Waals surface area contributed by atoms with Crippen molar-refractivity contribution in [2.24, 2.45) is 0 Å². The van der Waals surface area contributed by atoms with E-state index in [1.165, 1.54) is 0 Å². The van der Waals surface area contributed by atoms with E-state index < -0.39 is 0 Å². The average Bonchev–Trinajstić information content (AvgIpc) is 3.19. The summed E-state index contributed by atoms with van der Waals surface area (Å²) >= 11 is 0. The smallest absolute Gasteiger partial charge is 0.272 e. The molecule has 0 radical (unpaired) electrons. The molecule has 2 N–H and O–H groups in total. The molecule has 0 spiro atoms. The molecule has 1 aliphatic rings. The summed E-state index contributed by atoms with van der Waals surface area (Å²) in [6.45, 7) is 4.97. The summed E-state index contributed by atoms with van der Waals surface area (Å²) in [7, 11) is 0. The zero-order valence-corrected chi connectivity index (χ0v) is 14.2. The lowest BCUT2D eigenvalue weighted by atomic mass is 9.99. The summed E-state index contributed by atoms with van der Waals surface area (Å²) in [5.74, 6) is -0.178. The zero-order valence-electron chi connectivity index (χ0n) is 14.2. The number of hydrogen-bond donors (Lipinski definition) is 2. The number of ether oxygens (including phenoxy) is 1. The van der Waals surface area contributed by atoms with E-state index in [1.807, 2.05) is 38.1 Å². The van der Waals surface area contributed by atoms with Gasteiger partial charge in [0.2, 0.25) is 0 Å². The first kappa shape index (κ1) is 15.8. The normalized spacial score (nSPS) is 19.8. The molecule has 1 amide bonds. The Hall–Kier alpha value is -2.74. The van der Waals surface area contributed by atoms with Crippen LogP contribution in [-0.2, 0) is 17.7 Å². The molecule has 0 unspecified atom stereocenters. The highest BCUT2D eigenvalue weighted by Gasteiger charge is 2.29. The van der Waals surface area contributed by atoms with Crippen LogP contribution in [0.4, 0.5) is 0 Å². The predicted octanol–water partition coefficient (Wildman–Crippen LogP) is 1.61. The SMILES string of the molecule is C[C@@H]1Cc2c(C(=O)NCCn3nnc4ccccc43)n[nH]c2[C@H](C)O1. The molecule has 2 aromatic heterocycles. The summed E-state index contributed by atoms with van der Waals surface area (Å²) in [5, 5.41) is 18.3. The summed E-state index contributed by atoms with van der Waals surface area (Å²) in [4.78, 5) is 12.5. The Balaban J connectivity index is 1.43. The third kappa shape index (κ3) is 2.89. The number of aromatic amines is 1. The number of nitrogens with zero attached hydrogens (tertiary/aromatic N) is 4. The van der Waals surface area contributed by atoms with Gasteiger partial charge in [-0.05, 0) is 26.0 Å². The number of rotatable bonds is 4. The molecule has 4 rings (SSSR count). The fourth-order valence-corrected chi connectivity index (χ4v) is 3.30. The lowest BCUT2D eigenvalue weighted by Gasteiger charge is -2.25. The Bertz CT molecular complexity index is 915. The van der Waals surface area contributed by atoms with Crippen LogP contribution in [0.25, 0.3) is 11.0 Å². The second kappa shape index (κ2) is 6.29. The number of hydrogen-bond acceptors (Lipinski definition) is 5. The van der Waals surface area contributed by atoms with Crippen LogP contribution in [-0.4, -0.2) is 43.7 Å². The minimum absolute atomic E-state index is 0.0747. The van der Waals surface area contributed by atoms with Crippen molar-refractivity contribution in [3.8, 4) is 0 Å². The first-order valence-corrected chi connectivity index (χ1v) is 8.42. The molecule has 0 fully saturated rings. The Morgan fingerprint density at radius 2 is 2.24 bits per heavy atom. The van der Waals surface area contributed by atoms with E-state index in [1.54, 1.807) is 4.68 Å². The van der Waals surface area contributed by atoms with Crippen molar-refractivity contribution in [2.75, 3.05) is 6.54 Å². The minimum atomic E-state index is -0.178. The van der Waals surface area contributed by atoms with E-state index >= 15 is 0 Å². The lowest BCUT2D eigenvalue weighted by molar-refractivity contribution is -0.00697. The number of para-hydroxylation sites is 1. The first-order chi connectivity index (χ1) is 12.1. The van der Waals surface area contributed by atoms with Gasteiger partial charge in [0.25, 0.3) is 5.91 Å². The monoisotopic (exact) mass is 340 g/mol. The standard InChI is InChI=1S/C17H20N6O2/c1-10-9-12-15(11(2)25-10)20-21-16(12)17(24)18-7-8-23-14-6-4-3-5-13(14)19-22-23/h3-6,10-11H,7-9H2,1-2H3,(H,18,24)(H,20,21)/t10-,11+/m1/s1. The van der Waals surface area contributed by atoms with Crippen molar-refractivity contribution in [1.82, 2.24) is 30.5 Å². The summed E-state index contributed by atoms with van der Waals surface area (Å²) in [5.41, 5.74) is 4.10. The molecule has 0 saturated heterocycles. The Kier molecular flexibility index (Phi) is 3.96. The number of nitrogens with one attached hydrogen (secondary N) is 2.